The number of nitrogens with zero attached hydrogens (tertiary/aromatic N) is 1. The third-order valence-corrected chi connectivity index (χ3v) is 6.09. The molecule has 138 valence electrons. The van der Waals surface area contributed by atoms with Gasteiger partial charge in [-0.25, -0.2) is 8.42 Å². The third kappa shape index (κ3) is 4.12. The van der Waals surface area contributed by atoms with E-state index in [0.717, 1.165) is 0 Å². The molecule has 26 heavy (non-hydrogen) atoms. The molecular formula is C19H21NO5S. The predicted molar refractivity (Wildman–Crippen MR) is 96.3 cm³/mol. The average Bonchev–Trinajstić information content (AvgIpc) is 2.61. The molecule has 0 bridgehead atoms. The van der Waals surface area contributed by atoms with Crippen LogP contribution in [0.2, 0.25) is 0 Å². The molecule has 1 amide bonds. The van der Waals surface area contributed by atoms with Crippen LogP contribution in [0.25, 0.3) is 0 Å². The molecule has 2 atom stereocenters. The van der Waals surface area contributed by atoms with Crippen molar-refractivity contribution in [2.45, 2.75) is 29.3 Å². The highest BCUT2D eigenvalue weighted by molar-refractivity contribution is 7.90. The van der Waals surface area contributed by atoms with Crippen molar-refractivity contribution in [1.82, 2.24) is 4.90 Å². The molecule has 1 heterocycles. The van der Waals surface area contributed by atoms with Gasteiger partial charge in [-0.3, -0.25) is 4.79 Å². The van der Waals surface area contributed by atoms with Crippen LogP contribution in [0.3, 0.4) is 0 Å². The van der Waals surface area contributed by atoms with Gasteiger partial charge in [-0.05, 0) is 17.7 Å². The molecule has 0 saturated carbocycles. The van der Waals surface area contributed by atoms with Crippen LogP contribution in [0.15, 0.2) is 59.5 Å². The number of β-amino-alcohol motifs (C(OH)–C–C–N with tert-alkyl or cyclic N) is 2. The number of hydrogen-bond donors (Lipinski definition) is 2. The van der Waals surface area contributed by atoms with Gasteiger partial charge in [0.2, 0.25) is 0 Å². The zero-order valence-corrected chi connectivity index (χ0v) is 15.0. The number of rotatable bonds is 4. The lowest BCUT2D eigenvalue weighted by Gasteiger charge is -2.33. The highest BCUT2D eigenvalue weighted by Gasteiger charge is 2.31. The first-order chi connectivity index (χ1) is 12.4. The predicted octanol–water partition coefficient (Wildman–Crippen LogP) is 1.23. The van der Waals surface area contributed by atoms with Crippen LogP contribution in [0.1, 0.15) is 22.3 Å². The number of hydrogen-bond acceptors (Lipinski definition) is 5. The number of sulfone groups is 1. The molecule has 1 aliphatic rings. The maximum absolute atomic E-state index is 12.9. The van der Waals surface area contributed by atoms with Gasteiger partial charge in [0.05, 0.1) is 28.4 Å². The lowest BCUT2D eigenvalue weighted by molar-refractivity contribution is -0.00399. The Kier molecular flexibility index (Phi) is 5.41. The Bertz CT molecular complexity index is 872. The lowest BCUT2D eigenvalue weighted by atomic mass is 10.0. The highest BCUT2D eigenvalue weighted by atomic mass is 32.2. The molecule has 0 aromatic heterocycles. The van der Waals surface area contributed by atoms with E-state index in [9.17, 15) is 23.4 Å². The summed E-state index contributed by atoms with van der Waals surface area (Å²) in [6, 6.07) is 14.8. The number of carbonyl (C=O) groups is 1. The minimum atomic E-state index is -3.73. The van der Waals surface area contributed by atoms with E-state index >= 15 is 0 Å². The Morgan fingerprint density at radius 1 is 0.962 bits per heavy atom. The standard InChI is InChI=1S/C19H21NO5S/c21-15-10-16(22)12-20(11-15)19(23)17-8-4-5-9-18(17)26(24,25)13-14-6-2-1-3-7-14/h1-9,15-16,21-22H,10-13H2/t15-,16-/m1/s1. The van der Waals surface area contributed by atoms with E-state index < -0.39 is 28.0 Å². The summed E-state index contributed by atoms with van der Waals surface area (Å²) in [6.07, 6.45) is -1.44. The van der Waals surface area contributed by atoms with Crippen molar-refractivity contribution in [1.29, 1.82) is 0 Å². The molecule has 0 aliphatic carbocycles. The second-order valence-corrected chi connectivity index (χ2v) is 8.45. The smallest absolute Gasteiger partial charge is 0.255 e. The maximum Gasteiger partial charge on any atom is 0.255 e. The third-order valence-electron chi connectivity index (χ3n) is 4.35. The van der Waals surface area contributed by atoms with Crippen LogP contribution in [0.4, 0.5) is 0 Å². The first-order valence-corrected chi connectivity index (χ1v) is 10.0. The van der Waals surface area contributed by atoms with E-state index in [-0.39, 0.29) is 35.7 Å². The van der Waals surface area contributed by atoms with Crippen molar-refractivity contribution in [2.75, 3.05) is 13.1 Å². The molecular weight excluding hydrogens is 354 g/mol. The number of aliphatic hydroxyl groups excluding tert-OH is 2. The fourth-order valence-electron chi connectivity index (χ4n) is 3.17. The summed E-state index contributed by atoms with van der Waals surface area (Å²) < 4.78 is 25.7. The summed E-state index contributed by atoms with van der Waals surface area (Å²) in [5.41, 5.74) is 0.698. The van der Waals surface area contributed by atoms with Gasteiger partial charge in [0, 0.05) is 19.5 Å². The topological polar surface area (TPSA) is 94.9 Å². The molecule has 3 rings (SSSR count). The molecule has 2 aromatic rings. The van der Waals surface area contributed by atoms with Crippen LogP contribution < -0.4 is 0 Å². The van der Waals surface area contributed by atoms with E-state index in [1.807, 2.05) is 0 Å². The average molecular weight is 375 g/mol. The van der Waals surface area contributed by atoms with E-state index in [1.165, 1.54) is 17.0 Å². The minimum absolute atomic E-state index is 0.0385. The normalized spacial score (nSPS) is 20.8. The SMILES string of the molecule is O=C(c1ccccc1S(=O)(=O)Cc1ccccc1)N1C[C@H](O)C[C@@H](O)C1. The van der Waals surface area contributed by atoms with E-state index in [1.54, 1.807) is 42.5 Å². The van der Waals surface area contributed by atoms with Crippen LogP contribution in [0, 0.1) is 0 Å². The number of carbonyl (C=O) groups excluding carboxylic acids is 1. The first kappa shape index (κ1) is 18.6. The fourth-order valence-corrected chi connectivity index (χ4v) is 4.73. The summed E-state index contributed by atoms with van der Waals surface area (Å²) in [5, 5.41) is 19.6. The Morgan fingerprint density at radius 3 is 2.19 bits per heavy atom. The van der Waals surface area contributed by atoms with Crippen molar-refractivity contribution in [3.63, 3.8) is 0 Å². The highest BCUT2D eigenvalue weighted by Crippen LogP contribution is 2.23. The fraction of sp³-hybridized carbons (Fsp3) is 0.316. The van der Waals surface area contributed by atoms with Crippen molar-refractivity contribution in [2.24, 2.45) is 0 Å². The Labute approximate surface area is 152 Å². The molecule has 1 aliphatic heterocycles. The van der Waals surface area contributed by atoms with Crippen molar-refractivity contribution in [3.05, 3.63) is 65.7 Å². The number of amides is 1. The second-order valence-electron chi connectivity index (χ2n) is 6.49. The van der Waals surface area contributed by atoms with Crippen LogP contribution in [-0.2, 0) is 15.6 Å². The number of piperidine rings is 1. The summed E-state index contributed by atoms with van der Waals surface area (Å²) in [5.74, 6) is -0.710. The first-order valence-electron chi connectivity index (χ1n) is 8.38. The summed E-state index contributed by atoms with van der Waals surface area (Å²) in [7, 11) is -3.73. The molecule has 6 nitrogen and oxygen atoms in total. The minimum Gasteiger partial charge on any atom is -0.391 e. The number of aliphatic hydroxyl groups is 2. The van der Waals surface area contributed by atoms with Gasteiger partial charge in [-0.1, -0.05) is 42.5 Å². The zero-order chi connectivity index (χ0) is 18.7. The van der Waals surface area contributed by atoms with Crippen molar-refractivity contribution >= 4 is 15.7 Å². The molecule has 0 radical (unpaired) electrons. The molecule has 0 unspecified atom stereocenters. The number of benzene rings is 2. The monoisotopic (exact) mass is 375 g/mol. The quantitative estimate of drug-likeness (QED) is 0.838. The van der Waals surface area contributed by atoms with Gasteiger partial charge >= 0.3 is 0 Å². The Hall–Kier alpha value is -2.22. The van der Waals surface area contributed by atoms with Crippen molar-refractivity contribution < 1.29 is 23.4 Å². The maximum atomic E-state index is 12.9. The van der Waals surface area contributed by atoms with Crippen LogP contribution in [-0.4, -0.2) is 54.7 Å². The van der Waals surface area contributed by atoms with Gasteiger partial charge in [0.1, 0.15) is 0 Å². The van der Waals surface area contributed by atoms with Gasteiger partial charge in [-0.15, -0.1) is 0 Å². The van der Waals surface area contributed by atoms with Crippen molar-refractivity contribution in [3.8, 4) is 0 Å². The zero-order valence-electron chi connectivity index (χ0n) is 14.2. The van der Waals surface area contributed by atoms with Gasteiger partial charge in [0.25, 0.3) is 5.91 Å². The summed E-state index contributed by atoms with van der Waals surface area (Å²) in [6.45, 7) is 0.145. The molecule has 0 spiro atoms. The number of likely N-dealkylation sites (tertiary alicyclic amines) is 1. The summed E-state index contributed by atoms with van der Waals surface area (Å²) in [4.78, 5) is 14.1. The van der Waals surface area contributed by atoms with E-state index in [0.29, 0.717) is 5.56 Å². The lowest BCUT2D eigenvalue weighted by Crippen LogP contribution is -2.48. The molecule has 1 fully saturated rings. The molecule has 7 heteroatoms. The van der Waals surface area contributed by atoms with Crippen LogP contribution >= 0.6 is 0 Å². The molecule has 2 aromatic carbocycles. The van der Waals surface area contributed by atoms with Gasteiger partial charge in [-0.2, -0.15) is 0 Å². The van der Waals surface area contributed by atoms with E-state index in [2.05, 4.69) is 0 Å². The van der Waals surface area contributed by atoms with Gasteiger partial charge in [0.15, 0.2) is 9.84 Å². The summed E-state index contributed by atoms with van der Waals surface area (Å²) >= 11 is 0. The Morgan fingerprint density at radius 2 is 1.54 bits per heavy atom. The molecule has 2 N–H and O–H groups in total. The van der Waals surface area contributed by atoms with Gasteiger partial charge < -0.3 is 15.1 Å². The Balaban J connectivity index is 1.91. The van der Waals surface area contributed by atoms with Crippen LogP contribution in [0.5, 0.6) is 0 Å². The second kappa shape index (κ2) is 7.57. The largest absolute Gasteiger partial charge is 0.391 e. The molecule has 1 saturated heterocycles. The van der Waals surface area contributed by atoms with E-state index in [4.69, 9.17) is 0 Å².